The number of benzene rings is 2. The SMILES string of the molecule is CCOC(=O)c1nn(-c2cc(SOO[O-])ccc2S(=O)(=O)[O-])c(O)c1C=CC=C/C=C1\C(=O)N(c2cc(SOO[O-])ccc2S(=O)(=O)[O-])N=C1OC(=O)CC.[K+].[K+].[K+].[K+]. The molecule has 30 heteroatoms. The number of esters is 2. The Morgan fingerprint density at radius 3 is 1.90 bits per heavy atom. The van der Waals surface area contributed by atoms with Crippen molar-refractivity contribution in [2.75, 3.05) is 11.6 Å². The van der Waals surface area contributed by atoms with Crippen molar-refractivity contribution in [3.63, 3.8) is 0 Å². The van der Waals surface area contributed by atoms with E-state index in [1.54, 1.807) is 0 Å². The van der Waals surface area contributed by atoms with Crippen LogP contribution >= 0.6 is 24.1 Å². The van der Waals surface area contributed by atoms with Crippen molar-refractivity contribution in [1.29, 1.82) is 0 Å². The molecule has 0 spiro atoms. The summed E-state index contributed by atoms with van der Waals surface area (Å²) in [6.07, 6.45) is 5.62. The number of anilines is 1. The molecule has 1 aliphatic rings. The summed E-state index contributed by atoms with van der Waals surface area (Å²) >= 11 is 0.627. The Bertz CT molecular complexity index is 2340. The van der Waals surface area contributed by atoms with Gasteiger partial charge in [0, 0.05) is 16.2 Å². The number of rotatable bonds is 16. The third kappa shape index (κ3) is 16.8. The average molecular weight is 999 g/mol. The Balaban J connectivity index is 0.00000841. The van der Waals surface area contributed by atoms with Crippen LogP contribution in [-0.4, -0.2) is 71.2 Å². The van der Waals surface area contributed by atoms with Gasteiger partial charge < -0.3 is 34.2 Å². The third-order valence-electron chi connectivity index (χ3n) is 6.63. The molecule has 2 heterocycles. The summed E-state index contributed by atoms with van der Waals surface area (Å²) in [7, 11) is -10.4. The Morgan fingerprint density at radius 1 is 0.847 bits per heavy atom. The second kappa shape index (κ2) is 28.6. The van der Waals surface area contributed by atoms with Gasteiger partial charge in [0.25, 0.3) is 11.8 Å². The van der Waals surface area contributed by atoms with E-state index in [0.29, 0.717) is 33.8 Å². The van der Waals surface area contributed by atoms with Crippen LogP contribution in [0.2, 0.25) is 0 Å². The number of aromatic nitrogens is 2. The van der Waals surface area contributed by atoms with E-state index in [0.717, 1.165) is 48.6 Å². The van der Waals surface area contributed by atoms with E-state index in [1.165, 1.54) is 32.1 Å². The second-order valence-corrected chi connectivity index (χ2v) is 14.2. The largest absolute Gasteiger partial charge is 1.00 e. The number of ether oxygens (including phenoxy) is 2. The smallest absolute Gasteiger partial charge is 0.744 e. The van der Waals surface area contributed by atoms with E-state index in [4.69, 9.17) is 9.47 Å². The van der Waals surface area contributed by atoms with Crippen LogP contribution in [-0.2, 0) is 58.0 Å². The molecule has 0 radical (unpaired) electrons. The molecule has 294 valence electrons. The van der Waals surface area contributed by atoms with Crippen LogP contribution in [0.5, 0.6) is 5.88 Å². The van der Waals surface area contributed by atoms with Crippen LogP contribution in [0.15, 0.2) is 91.0 Å². The first kappa shape index (κ1) is 60.6. The molecule has 1 aromatic heterocycles. The number of allylic oxidation sites excluding steroid dienone is 4. The first-order valence-corrected chi connectivity index (χ1v) is 19.0. The summed E-state index contributed by atoms with van der Waals surface area (Å²) in [4.78, 5) is 36.7. The Morgan fingerprint density at radius 2 is 1.39 bits per heavy atom. The van der Waals surface area contributed by atoms with E-state index in [1.807, 2.05) is 0 Å². The molecular weight excluding hydrogens is 977 g/mol. The summed E-state index contributed by atoms with van der Waals surface area (Å²) in [5.41, 5.74) is -2.47. The van der Waals surface area contributed by atoms with E-state index in [9.17, 15) is 55.9 Å². The van der Waals surface area contributed by atoms with Crippen molar-refractivity contribution < 1.29 is 290 Å². The molecule has 0 aliphatic carbocycles. The Labute approximate surface area is 514 Å². The molecule has 0 bridgehead atoms. The number of hydrogen-bond donors (Lipinski definition) is 1. The molecular formula is C29H22K4N4O18S4. The molecule has 0 saturated heterocycles. The molecule has 0 saturated carbocycles. The number of amides is 1. The third-order valence-corrected chi connectivity index (χ3v) is 9.54. The topological polar surface area (TPSA) is 321 Å². The molecule has 1 N–H and O–H groups in total. The van der Waals surface area contributed by atoms with Gasteiger partial charge in [0.2, 0.25) is 5.88 Å². The van der Waals surface area contributed by atoms with Gasteiger partial charge in [-0.2, -0.15) is 23.5 Å². The molecule has 0 unspecified atom stereocenters. The quantitative estimate of drug-likeness (QED) is 0.0204. The van der Waals surface area contributed by atoms with Gasteiger partial charge in [0.1, 0.15) is 25.8 Å². The maximum absolute atomic E-state index is 13.5. The average Bonchev–Trinajstić information content (AvgIpc) is 3.63. The van der Waals surface area contributed by atoms with E-state index >= 15 is 0 Å². The first-order chi connectivity index (χ1) is 26.0. The van der Waals surface area contributed by atoms with Gasteiger partial charge in [-0.15, -0.1) is 5.10 Å². The van der Waals surface area contributed by atoms with Crippen LogP contribution in [0.1, 0.15) is 36.3 Å². The van der Waals surface area contributed by atoms with E-state index in [-0.39, 0.29) is 234 Å². The molecule has 3 aromatic rings. The van der Waals surface area contributed by atoms with Gasteiger partial charge >= 0.3 is 217 Å². The number of carbonyl (C=O) groups excluding carboxylic acids is 3. The minimum absolute atomic E-state index is 0. The van der Waals surface area contributed by atoms with Gasteiger partial charge in [-0.1, -0.05) is 25.2 Å². The Kier molecular flexibility index (Phi) is 29.3. The maximum atomic E-state index is 13.5. The number of hydrazone groups is 1. The summed E-state index contributed by atoms with van der Waals surface area (Å²) in [6, 6.07) is 5.76. The van der Waals surface area contributed by atoms with E-state index in [2.05, 4.69) is 28.9 Å². The number of hydrogen-bond acceptors (Lipinski definition) is 22. The molecule has 22 nitrogen and oxygen atoms in total. The van der Waals surface area contributed by atoms with Crippen LogP contribution in [0.25, 0.3) is 11.8 Å². The summed E-state index contributed by atoms with van der Waals surface area (Å²) in [5.74, 6) is -4.48. The second-order valence-electron chi connectivity index (χ2n) is 10.00. The van der Waals surface area contributed by atoms with Crippen LogP contribution in [0, 0.1) is 0 Å². The van der Waals surface area contributed by atoms with Crippen LogP contribution in [0.3, 0.4) is 0 Å². The van der Waals surface area contributed by atoms with Crippen molar-refractivity contribution in [3.05, 3.63) is 77.5 Å². The van der Waals surface area contributed by atoms with Crippen molar-refractivity contribution in [2.24, 2.45) is 5.10 Å². The summed E-state index contributed by atoms with van der Waals surface area (Å²) < 4.78 is 91.3. The molecule has 0 atom stereocenters. The fourth-order valence-corrected chi connectivity index (χ4v) is 6.43. The number of aromatic hydroxyl groups is 1. The van der Waals surface area contributed by atoms with Crippen LogP contribution < -0.4 is 221 Å². The molecule has 0 fully saturated rings. The minimum atomic E-state index is -5.23. The van der Waals surface area contributed by atoms with Crippen molar-refractivity contribution >= 4 is 79.8 Å². The van der Waals surface area contributed by atoms with Crippen molar-refractivity contribution in [3.8, 4) is 11.6 Å². The first-order valence-electron chi connectivity index (χ1n) is 14.7. The number of nitrogens with zero attached hydrogens (tertiary/aromatic N) is 4. The predicted molar refractivity (Wildman–Crippen MR) is 177 cm³/mol. The van der Waals surface area contributed by atoms with Crippen molar-refractivity contribution in [1.82, 2.24) is 9.78 Å². The van der Waals surface area contributed by atoms with Gasteiger partial charge in [-0.05, 0) is 55.5 Å². The summed E-state index contributed by atoms with van der Waals surface area (Å²) in [5, 5.41) is 46.5. The molecule has 2 aromatic carbocycles. The van der Waals surface area contributed by atoms with Crippen molar-refractivity contribution in [2.45, 2.75) is 39.9 Å². The molecule has 59 heavy (non-hydrogen) atoms. The zero-order chi connectivity index (χ0) is 40.5. The normalized spacial score (nSPS) is 13.4. The predicted octanol–water partition coefficient (Wildman–Crippen LogP) is -11.2. The standard InChI is InChI=1S/C29H26N4O18S4.4K/c1-3-24(34)47-26-19(28(36)33(31-26)21-15-17(53-51-49-39)11-13-23(21)55(43,44)45)9-7-5-6-8-18-25(29(37)46-4-2)30-32(27(18)35)20-14-16(52-50-48-38)10-12-22(20)54(40,41)42;;;;/h5-15,35,38-39H,3-4H2,1-2H3,(H,40,41,42)(H,43,44,45);;;;/q;4*+1/p-4/b7-5?,8-6?,19-9-;;;;. The van der Waals surface area contributed by atoms with Gasteiger partial charge in [-0.25, -0.2) is 21.6 Å². The number of carbonyl (C=O) groups is 3. The van der Waals surface area contributed by atoms with Gasteiger partial charge in [0.05, 0.1) is 57.4 Å². The van der Waals surface area contributed by atoms with E-state index < -0.39 is 82.3 Å². The van der Waals surface area contributed by atoms with Gasteiger partial charge in [0.15, 0.2) is 5.69 Å². The molecule has 1 amide bonds. The molecule has 1 aliphatic heterocycles. The molecule has 4 rings (SSSR count). The summed E-state index contributed by atoms with van der Waals surface area (Å²) in [6.45, 7) is 2.76. The zero-order valence-corrected chi connectivity index (χ0v) is 47.3. The minimum Gasteiger partial charge on any atom is -0.744 e. The fourth-order valence-electron chi connectivity index (χ4n) is 4.38. The van der Waals surface area contributed by atoms with Crippen LogP contribution in [0.4, 0.5) is 5.69 Å². The fraction of sp³-hybridized carbons (Fsp3) is 0.138. The van der Waals surface area contributed by atoms with Gasteiger partial charge in [-0.3, -0.25) is 19.7 Å². The zero-order valence-electron chi connectivity index (χ0n) is 31.6. The maximum Gasteiger partial charge on any atom is 1.00 e. The monoisotopic (exact) mass is 998 g/mol. The Hall–Kier alpha value is 1.58.